The highest BCUT2D eigenvalue weighted by molar-refractivity contribution is 8.00. The van der Waals surface area contributed by atoms with E-state index in [1.54, 1.807) is 0 Å². The number of nitrogens with one attached hydrogen (secondary N) is 2. The maximum atomic E-state index is 11.6. The van der Waals surface area contributed by atoms with Gasteiger partial charge in [0.05, 0.1) is 5.75 Å². The maximum Gasteiger partial charge on any atom is 0.321 e. The Morgan fingerprint density at radius 1 is 1.37 bits per heavy atom. The van der Waals surface area contributed by atoms with Crippen LogP contribution in [0.5, 0.6) is 0 Å². The minimum Gasteiger partial charge on any atom is -0.399 e. The zero-order valence-corrected chi connectivity index (χ0v) is 12.0. The standard InChI is InChI=1S/C13H19N3O2S/c1-3-6-15-13(18)16-12(17)8-19-11-7-10(14)5-4-9(11)2/h4-5,7H,3,6,8,14H2,1-2H3,(H2,15,16,17,18). The van der Waals surface area contributed by atoms with Crippen molar-refractivity contribution in [1.29, 1.82) is 0 Å². The number of hydrogen-bond donors (Lipinski definition) is 3. The molecule has 1 aromatic rings. The number of hydrogen-bond acceptors (Lipinski definition) is 4. The second kappa shape index (κ2) is 7.68. The van der Waals surface area contributed by atoms with Crippen molar-refractivity contribution in [2.75, 3.05) is 18.0 Å². The molecule has 0 saturated heterocycles. The number of urea groups is 1. The monoisotopic (exact) mass is 281 g/mol. The molecule has 0 fully saturated rings. The van der Waals surface area contributed by atoms with Gasteiger partial charge in [-0.1, -0.05) is 13.0 Å². The largest absolute Gasteiger partial charge is 0.399 e. The van der Waals surface area contributed by atoms with Gasteiger partial charge in [-0.05, 0) is 31.0 Å². The zero-order chi connectivity index (χ0) is 14.3. The second-order valence-electron chi connectivity index (χ2n) is 4.12. The Balaban J connectivity index is 2.41. The van der Waals surface area contributed by atoms with Gasteiger partial charge in [-0.25, -0.2) is 4.79 Å². The van der Waals surface area contributed by atoms with Gasteiger partial charge >= 0.3 is 6.03 Å². The van der Waals surface area contributed by atoms with Gasteiger partial charge in [-0.3, -0.25) is 10.1 Å². The van der Waals surface area contributed by atoms with Crippen LogP contribution in [-0.2, 0) is 4.79 Å². The van der Waals surface area contributed by atoms with E-state index >= 15 is 0 Å². The van der Waals surface area contributed by atoms with E-state index in [2.05, 4.69) is 10.6 Å². The van der Waals surface area contributed by atoms with E-state index in [4.69, 9.17) is 5.73 Å². The Hall–Kier alpha value is -1.69. The fourth-order valence-electron chi connectivity index (χ4n) is 1.36. The van der Waals surface area contributed by atoms with Crippen LogP contribution in [0.25, 0.3) is 0 Å². The first kappa shape index (κ1) is 15.4. The molecule has 0 spiro atoms. The zero-order valence-electron chi connectivity index (χ0n) is 11.2. The molecular weight excluding hydrogens is 262 g/mol. The molecule has 0 aliphatic carbocycles. The van der Waals surface area contributed by atoms with Gasteiger partial charge in [0, 0.05) is 17.1 Å². The molecule has 19 heavy (non-hydrogen) atoms. The fourth-order valence-corrected chi connectivity index (χ4v) is 2.23. The Morgan fingerprint density at radius 2 is 2.11 bits per heavy atom. The lowest BCUT2D eigenvalue weighted by Gasteiger charge is -2.07. The minimum atomic E-state index is -0.447. The number of thioether (sulfide) groups is 1. The third kappa shape index (κ3) is 5.65. The molecule has 0 radical (unpaired) electrons. The fraction of sp³-hybridized carbons (Fsp3) is 0.385. The van der Waals surface area contributed by atoms with Crippen LogP contribution in [-0.4, -0.2) is 24.2 Å². The first-order valence-corrected chi connectivity index (χ1v) is 7.08. The summed E-state index contributed by atoms with van der Waals surface area (Å²) in [5.74, 6) is -0.135. The van der Waals surface area contributed by atoms with Crippen LogP contribution < -0.4 is 16.4 Å². The van der Waals surface area contributed by atoms with Crippen molar-refractivity contribution in [3.63, 3.8) is 0 Å². The van der Waals surface area contributed by atoms with Crippen LogP contribution in [0.3, 0.4) is 0 Å². The van der Waals surface area contributed by atoms with Crippen molar-refractivity contribution in [3.05, 3.63) is 23.8 Å². The summed E-state index contributed by atoms with van der Waals surface area (Å²) >= 11 is 1.36. The van der Waals surface area contributed by atoms with Crippen molar-refractivity contribution < 1.29 is 9.59 Å². The number of benzene rings is 1. The summed E-state index contributed by atoms with van der Waals surface area (Å²) in [4.78, 5) is 23.8. The summed E-state index contributed by atoms with van der Waals surface area (Å²) in [6.07, 6.45) is 0.832. The summed E-state index contributed by atoms with van der Waals surface area (Å²) in [5.41, 5.74) is 7.41. The summed E-state index contributed by atoms with van der Waals surface area (Å²) in [5, 5.41) is 4.86. The van der Waals surface area contributed by atoms with Gasteiger partial charge in [0.25, 0.3) is 0 Å². The molecule has 104 valence electrons. The Bertz CT molecular complexity index is 463. The number of aryl methyl sites for hydroxylation is 1. The van der Waals surface area contributed by atoms with Gasteiger partial charge in [0.1, 0.15) is 0 Å². The van der Waals surface area contributed by atoms with Gasteiger partial charge in [-0.2, -0.15) is 0 Å². The summed E-state index contributed by atoms with van der Waals surface area (Å²) in [7, 11) is 0. The van der Waals surface area contributed by atoms with E-state index in [-0.39, 0.29) is 11.7 Å². The Morgan fingerprint density at radius 3 is 2.79 bits per heavy atom. The van der Waals surface area contributed by atoms with E-state index in [9.17, 15) is 9.59 Å². The van der Waals surface area contributed by atoms with Crippen LogP contribution in [0.1, 0.15) is 18.9 Å². The van der Waals surface area contributed by atoms with Crippen molar-refractivity contribution in [2.24, 2.45) is 0 Å². The lowest BCUT2D eigenvalue weighted by atomic mass is 10.2. The summed E-state index contributed by atoms with van der Waals surface area (Å²) in [6.45, 7) is 4.45. The van der Waals surface area contributed by atoms with Gasteiger partial charge in [0.2, 0.25) is 5.91 Å². The normalized spacial score (nSPS) is 10.0. The molecule has 1 rings (SSSR count). The molecular formula is C13H19N3O2S. The molecule has 0 saturated carbocycles. The Kier molecular flexibility index (Phi) is 6.21. The molecule has 4 N–H and O–H groups in total. The van der Waals surface area contributed by atoms with Crippen molar-refractivity contribution in [1.82, 2.24) is 10.6 Å². The first-order chi connectivity index (χ1) is 9.02. The molecule has 5 nitrogen and oxygen atoms in total. The van der Waals surface area contributed by atoms with E-state index < -0.39 is 6.03 Å². The molecule has 3 amide bonds. The van der Waals surface area contributed by atoms with Gasteiger partial charge < -0.3 is 11.1 Å². The molecule has 0 aliphatic rings. The van der Waals surface area contributed by atoms with Gasteiger partial charge in [0.15, 0.2) is 0 Å². The van der Waals surface area contributed by atoms with Crippen LogP contribution in [0.15, 0.2) is 23.1 Å². The van der Waals surface area contributed by atoms with E-state index in [0.29, 0.717) is 12.2 Å². The predicted octanol–water partition coefficient (Wildman–Crippen LogP) is 1.91. The molecule has 0 aliphatic heterocycles. The highest BCUT2D eigenvalue weighted by atomic mass is 32.2. The molecule has 0 aromatic heterocycles. The summed E-state index contributed by atoms with van der Waals surface area (Å²) in [6, 6.07) is 5.10. The van der Waals surface area contributed by atoms with E-state index in [0.717, 1.165) is 16.9 Å². The molecule has 0 bridgehead atoms. The van der Waals surface area contributed by atoms with Crippen LogP contribution in [0, 0.1) is 6.92 Å². The predicted molar refractivity (Wildman–Crippen MR) is 78.1 cm³/mol. The second-order valence-corrected chi connectivity index (χ2v) is 5.13. The number of imide groups is 1. The molecule has 0 heterocycles. The molecule has 6 heteroatoms. The number of rotatable bonds is 5. The van der Waals surface area contributed by atoms with Crippen molar-refractivity contribution >= 4 is 29.4 Å². The number of nitrogens with two attached hydrogens (primary N) is 1. The highest BCUT2D eigenvalue weighted by Gasteiger charge is 2.08. The van der Waals surface area contributed by atoms with E-state index in [1.807, 2.05) is 32.0 Å². The average Bonchev–Trinajstić information content (AvgIpc) is 2.37. The maximum absolute atomic E-state index is 11.6. The van der Waals surface area contributed by atoms with Crippen molar-refractivity contribution in [2.45, 2.75) is 25.2 Å². The third-order valence-electron chi connectivity index (χ3n) is 2.36. The quantitative estimate of drug-likeness (QED) is 0.568. The summed E-state index contributed by atoms with van der Waals surface area (Å²) < 4.78 is 0. The number of carbonyl (C=O) groups excluding carboxylic acids is 2. The van der Waals surface area contributed by atoms with E-state index in [1.165, 1.54) is 11.8 Å². The SMILES string of the molecule is CCCNC(=O)NC(=O)CSc1cc(N)ccc1C. The smallest absolute Gasteiger partial charge is 0.321 e. The van der Waals surface area contributed by atoms with Gasteiger partial charge in [-0.15, -0.1) is 11.8 Å². The van der Waals surface area contributed by atoms with Crippen molar-refractivity contribution in [3.8, 4) is 0 Å². The topological polar surface area (TPSA) is 84.2 Å². The first-order valence-electron chi connectivity index (χ1n) is 6.09. The van der Waals surface area contributed by atoms with Crippen LogP contribution in [0.2, 0.25) is 0 Å². The molecule has 0 atom stereocenters. The Labute approximate surface area is 117 Å². The number of nitrogen functional groups attached to an aromatic ring is 1. The minimum absolute atomic E-state index is 0.184. The lowest BCUT2D eigenvalue weighted by Crippen LogP contribution is -2.40. The number of anilines is 1. The molecule has 0 unspecified atom stereocenters. The van der Waals surface area contributed by atoms with Crippen LogP contribution in [0.4, 0.5) is 10.5 Å². The third-order valence-corrected chi connectivity index (χ3v) is 3.52. The molecule has 1 aromatic carbocycles. The number of carbonyl (C=O) groups is 2. The number of amides is 3. The average molecular weight is 281 g/mol. The van der Waals surface area contributed by atoms with Crippen LogP contribution >= 0.6 is 11.8 Å². The highest BCUT2D eigenvalue weighted by Crippen LogP contribution is 2.24. The lowest BCUT2D eigenvalue weighted by molar-refractivity contribution is -0.117.